The third kappa shape index (κ3) is 3.55. The molecule has 0 unspecified atom stereocenters. The summed E-state index contributed by atoms with van der Waals surface area (Å²) in [6.07, 6.45) is 2.20. The molecule has 0 radical (unpaired) electrons. The molecule has 0 amide bonds. The standard InChI is InChI=1S/C12H12Cl2N4/c1-2-3-8-4-6-9(7-5-8)15-12-17-10(13)16-11(14)18-12/h4-7H,2-3H2,1H3,(H,15,16,17,18). The van der Waals surface area contributed by atoms with Gasteiger partial charge in [-0.05, 0) is 47.3 Å². The first-order valence-corrected chi connectivity index (χ1v) is 6.36. The second-order valence-electron chi connectivity index (χ2n) is 3.77. The van der Waals surface area contributed by atoms with Crippen molar-refractivity contribution in [3.63, 3.8) is 0 Å². The maximum Gasteiger partial charge on any atom is 0.232 e. The average Bonchev–Trinajstić information content (AvgIpc) is 2.31. The van der Waals surface area contributed by atoms with E-state index in [0.717, 1.165) is 18.5 Å². The van der Waals surface area contributed by atoms with Gasteiger partial charge in [-0.15, -0.1) is 0 Å². The van der Waals surface area contributed by atoms with Gasteiger partial charge in [-0.3, -0.25) is 0 Å². The number of benzene rings is 1. The molecular formula is C12H12Cl2N4. The quantitative estimate of drug-likeness (QED) is 0.925. The number of hydrogen-bond donors (Lipinski definition) is 1. The molecule has 0 aliphatic rings. The smallest absolute Gasteiger partial charge is 0.232 e. The lowest BCUT2D eigenvalue weighted by Crippen LogP contribution is -1.99. The Morgan fingerprint density at radius 3 is 2.17 bits per heavy atom. The van der Waals surface area contributed by atoms with Crippen molar-refractivity contribution in [3.8, 4) is 0 Å². The van der Waals surface area contributed by atoms with Crippen molar-refractivity contribution in [2.24, 2.45) is 0 Å². The lowest BCUT2D eigenvalue weighted by Gasteiger charge is -2.06. The molecule has 0 spiro atoms. The number of anilines is 2. The Balaban J connectivity index is 2.13. The van der Waals surface area contributed by atoms with Gasteiger partial charge in [0.15, 0.2) is 0 Å². The molecule has 18 heavy (non-hydrogen) atoms. The second kappa shape index (κ2) is 5.98. The van der Waals surface area contributed by atoms with Gasteiger partial charge in [0.05, 0.1) is 0 Å². The van der Waals surface area contributed by atoms with Crippen LogP contribution in [-0.4, -0.2) is 15.0 Å². The van der Waals surface area contributed by atoms with Crippen molar-refractivity contribution in [1.82, 2.24) is 15.0 Å². The second-order valence-corrected chi connectivity index (χ2v) is 4.45. The Morgan fingerprint density at radius 2 is 1.61 bits per heavy atom. The topological polar surface area (TPSA) is 50.7 Å². The van der Waals surface area contributed by atoms with E-state index in [1.807, 2.05) is 12.1 Å². The fraction of sp³-hybridized carbons (Fsp3) is 0.250. The van der Waals surface area contributed by atoms with E-state index in [1.165, 1.54) is 5.56 Å². The van der Waals surface area contributed by atoms with E-state index in [9.17, 15) is 0 Å². The van der Waals surface area contributed by atoms with E-state index in [2.05, 4.69) is 39.3 Å². The van der Waals surface area contributed by atoms with Crippen LogP contribution < -0.4 is 5.32 Å². The molecule has 0 fully saturated rings. The van der Waals surface area contributed by atoms with E-state index < -0.39 is 0 Å². The van der Waals surface area contributed by atoms with Gasteiger partial charge in [0, 0.05) is 5.69 Å². The zero-order valence-electron chi connectivity index (χ0n) is 9.82. The number of nitrogens with one attached hydrogen (secondary N) is 1. The number of aromatic nitrogens is 3. The lowest BCUT2D eigenvalue weighted by atomic mass is 10.1. The molecule has 94 valence electrons. The summed E-state index contributed by atoms with van der Waals surface area (Å²) in [5.41, 5.74) is 2.18. The van der Waals surface area contributed by atoms with Crippen LogP contribution in [0.25, 0.3) is 0 Å². The predicted molar refractivity (Wildman–Crippen MR) is 73.6 cm³/mol. The van der Waals surface area contributed by atoms with E-state index in [-0.39, 0.29) is 10.6 Å². The Labute approximate surface area is 115 Å². The summed E-state index contributed by atoms with van der Waals surface area (Å²) < 4.78 is 0. The minimum absolute atomic E-state index is 0.0695. The van der Waals surface area contributed by atoms with Crippen LogP contribution in [0.2, 0.25) is 10.6 Å². The Kier molecular flexibility index (Phi) is 4.33. The molecule has 2 aromatic rings. The molecule has 0 saturated carbocycles. The molecule has 0 bridgehead atoms. The maximum atomic E-state index is 5.70. The van der Waals surface area contributed by atoms with Gasteiger partial charge in [-0.1, -0.05) is 25.5 Å². The van der Waals surface area contributed by atoms with Gasteiger partial charge < -0.3 is 5.32 Å². The minimum Gasteiger partial charge on any atom is -0.324 e. The Hall–Kier alpha value is -1.39. The molecule has 0 aliphatic heterocycles. The monoisotopic (exact) mass is 282 g/mol. The van der Waals surface area contributed by atoms with Crippen molar-refractivity contribution < 1.29 is 0 Å². The first-order valence-electron chi connectivity index (χ1n) is 5.60. The van der Waals surface area contributed by atoms with Crippen LogP contribution >= 0.6 is 23.2 Å². The van der Waals surface area contributed by atoms with Gasteiger partial charge >= 0.3 is 0 Å². The maximum absolute atomic E-state index is 5.70. The molecule has 0 atom stereocenters. The van der Waals surface area contributed by atoms with Crippen LogP contribution in [0, 0.1) is 0 Å². The van der Waals surface area contributed by atoms with Gasteiger partial charge in [0.2, 0.25) is 16.5 Å². The summed E-state index contributed by atoms with van der Waals surface area (Å²) in [5, 5.41) is 3.16. The van der Waals surface area contributed by atoms with Crippen molar-refractivity contribution >= 4 is 34.8 Å². The van der Waals surface area contributed by atoms with E-state index >= 15 is 0 Å². The molecule has 1 aromatic heterocycles. The summed E-state index contributed by atoms with van der Waals surface area (Å²) in [6, 6.07) is 8.07. The molecule has 1 heterocycles. The van der Waals surface area contributed by atoms with Gasteiger partial charge in [-0.25, -0.2) is 0 Å². The van der Waals surface area contributed by atoms with Crippen LogP contribution in [0.4, 0.5) is 11.6 Å². The molecule has 0 aliphatic carbocycles. The summed E-state index contributed by atoms with van der Waals surface area (Å²) in [4.78, 5) is 11.6. The zero-order chi connectivity index (χ0) is 13.0. The largest absolute Gasteiger partial charge is 0.324 e. The third-order valence-electron chi connectivity index (χ3n) is 2.33. The van der Waals surface area contributed by atoms with E-state index in [4.69, 9.17) is 23.2 Å². The molecular weight excluding hydrogens is 271 g/mol. The van der Waals surface area contributed by atoms with Crippen molar-refractivity contribution in [3.05, 3.63) is 40.4 Å². The van der Waals surface area contributed by atoms with Gasteiger partial charge in [-0.2, -0.15) is 15.0 Å². The van der Waals surface area contributed by atoms with E-state index in [1.54, 1.807) is 0 Å². The highest BCUT2D eigenvalue weighted by atomic mass is 35.5. The van der Waals surface area contributed by atoms with Crippen LogP contribution in [-0.2, 0) is 6.42 Å². The summed E-state index contributed by atoms with van der Waals surface area (Å²) in [7, 11) is 0. The number of hydrogen-bond acceptors (Lipinski definition) is 4. The van der Waals surface area contributed by atoms with Gasteiger partial charge in [0.1, 0.15) is 0 Å². The van der Waals surface area contributed by atoms with Crippen LogP contribution in [0.3, 0.4) is 0 Å². The summed E-state index contributed by atoms with van der Waals surface area (Å²) >= 11 is 11.4. The Bertz CT molecular complexity index is 508. The van der Waals surface area contributed by atoms with Crippen molar-refractivity contribution in [1.29, 1.82) is 0 Å². The SMILES string of the molecule is CCCc1ccc(Nc2nc(Cl)nc(Cl)n2)cc1. The fourth-order valence-electron chi connectivity index (χ4n) is 1.55. The molecule has 0 saturated heterocycles. The average molecular weight is 283 g/mol. The number of aryl methyl sites for hydroxylation is 1. The van der Waals surface area contributed by atoms with Gasteiger partial charge in [0.25, 0.3) is 0 Å². The molecule has 6 heteroatoms. The first-order chi connectivity index (χ1) is 8.67. The zero-order valence-corrected chi connectivity index (χ0v) is 11.3. The van der Waals surface area contributed by atoms with Crippen LogP contribution in [0.1, 0.15) is 18.9 Å². The minimum atomic E-state index is 0.0695. The molecule has 1 aromatic carbocycles. The normalized spacial score (nSPS) is 10.4. The summed E-state index contributed by atoms with van der Waals surface area (Å²) in [6.45, 7) is 2.15. The molecule has 2 rings (SSSR count). The molecule has 1 N–H and O–H groups in total. The predicted octanol–water partition coefficient (Wildman–Crippen LogP) is 3.87. The van der Waals surface area contributed by atoms with E-state index in [0.29, 0.717) is 5.95 Å². The van der Waals surface area contributed by atoms with Crippen molar-refractivity contribution in [2.45, 2.75) is 19.8 Å². The molecule has 4 nitrogen and oxygen atoms in total. The van der Waals surface area contributed by atoms with Crippen LogP contribution in [0.15, 0.2) is 24.3 Å². The number of rotatable bonds is 4. The summed E-state index contributed by atoms with van der Waals surface area (Å²) in [5.74, 6) is 0.336. The fourth-order valence-corrected chi connectivity index (χ4v) is 1.92. The lowest BCUT2D eigenvalue weighted by molar-refractivity contribution is 0.922. The highest BCUT2D eigenvalue weighted by molar-refractivity contribution is 6.31. The number of nitrogens with zero attached hydrogens (tertiary/aromatic N) is 3. The first kappa shape index (κ1) is 13.1. The van der Waals surface area contributed by atoms with Crippen LogP contribution in [0.5, 0.6) is 0 Å². The third-order valence-corrected chi connectivity index (χ3v) is 2.67. The number of halogens is 2. The highest BCUT2D eigenvalue weighted by Crippen LogP contribution is 2.17. The highest BCUT2D eigenvalue weighted by Gasteiger charge is 2.03. The van der Waals surface area contributed by atoms with Crippen molar-refractivity contribution in [2.75, 3.05) is 5.32 Å². The Morgan fingerprint density at radius 1 is 1.00 bits per heavy atom.